The fourth-order valence-corrected chi connectivity index (χ4v) is 2.76. The topological polar surface area (TPSA) is 29.1 Å². The zero-order valence-electron chi connectivity index (χ0n) is 11.0. The van der Waals surface area contributed by atoms with Gasteiger partial charge in [0.2, 0.25) is 0 Å². The number of hydrogen-bond donors (Lipinski definition) is 1. The summed E-state index contributed by atoms with van der Waals surface area (Å²) in [7, 11) is 0. The van der Waals surface area contributed by atoms with Crippen LogP contribution < -0.4 is 5.32 Å². The lowest BCUT2D eigenvalue weighted by Gasteiger charge is -2.11. The third kappa shape index (κ3) is 3.57. The summed E-state index contributed by atoms with van der Waals surface area (Å²) in [5.74, 6) is -0.00245. The Kier molecular flexibility index (Phi) is 4.97. The van der Waals surface area contributed by atoms with Crippen LogP contribution in [0.5, 0.6) is 0 Å². The first-order valence-corrected chi connectivity index (χ1v) is 7.54. The van der Waals surface area contributed by atoms with Crippen molar-refractivity contribution in [2.45, 2.75) is 24.6 Å². The molecule has 0 heterocycles. The quantitative estimate of drug-likeness (QED) is 0.825. The van der Waals surface area contributed by atoms with E-state index in [1.54, 1.807) is 0 Å². The molecule has 0 radical (unpaired) electrons. The first-order chi connectivity index (χ1) is 9.22. The second-order valence-electron chi connectivity index (χ2n) is 4.62. The second-order valence-corrected chi connectivity index (χ2v) is 5.92. The smallest absolute Gasteiger partial charge is 0.251 e. The fraction of sp³-hybridized carbons (Fsp3) is 0.312. The van der Waals surface area contributed by atoms with E-state index in [4.69, 9.17) is 0 Å². The summed E-state index contributed by atoms with van der Waals surface area (Å²) in [6.45, 7) is 2.80. The Morgan fingerprint density at radius 2 is 1.95 bits per heavy atom. The van der Waals surface area contributed by atoms with Crippen molar-refractivity contribution in [2.75, 3.05) is 6.54 Å². The van der Waals surface area contributed by atoms with Crippen LogP contribution in [0.2, 0.25) is 0 Å². The lowest BCUT2D eigenvalue weighted by atomic mass is 10.0. The minimum Gasteiger partial charge on any atom is -0.351 e. The molecule has 0 saturated carbocycles. The highest BCUT2D eigenvalue weighted by molar-refractivity contribution is 9.09. The van der Waals surface area contributed by atoms with E-state index < -0.39 is 0 Å². The number of hydrogen-bond acceptors (Lipinski definition) is 1. The van der Waals surface area contributed by atoms with Crippen molar-refractivity contribution >= 4 is 32.6 Å². The SMILES string of the molecule is CCCC(Br)CNC(=O)c1cccc2ccccc12. The highest BCUT2D eigenvalue weighted by Crippen LogP contribution is 2.18. The molecule has 0 aliphatic heterocycles. The minimum absolute atomic E-state index is 0.00245. The lowest BCUT2D eigenvalue weighted by Crippen LogP contribution is -2.29. The van der Waals surface area contributed by atoms with Gasteiger partial charge in [-0.1, -0.05) is 65.7 Å². The average molecular weight is 320 g/mol. The molecule has 2 aromatic rings. The summed E-state index contributed by atoms with van der Waals surface area (Å²) in [6, 6.07) is 13.8. The summed E-state index contributed by atoms with van der Waals surface area (Å²) in [5, 5.41) is 5.09. The molecule has 19 heavy (non-hydrogen) atoms. The Hall–Kier alpha value is -1.35. The number of benzene rings is 2. The Bertz CT molecular complexity index is 562. The van der Waals surface area contributed by atoms with Gasteiger partial charge in [-0.05, 0) is 23.3 Å². The van der Waals surface area contributed by atoms with E-state index in [0.717, 1.165) is 29.2 Å². The number of amides is 1. The molecule has 0 aliphatic rings. The van der Waals surface area contributed by atoms with Crippen molar-refractivity contribution in [1.29, 1.82) is 0 Å². The molecule has 2 nitrogen and oxygen atoms in total. The van der Waals surface area contributed by atoms with Crippen LogP contribution in [0.4, 0.5) is 0 Å². The van der Waals surface area contributed by atoms with Crippen LogP contribution in [-0.4, -0.2) is 17.3 Å². The van der Waals surface area contributed by atoms with E-state index in [9.17, 15) is 4.79 Å². The van der Waals surface area contributed by atoms with Gasteiger partial charge in [-0.15, -0.1) is 0 Å². The largest absolute Gasteiger partial charge is 0.351 e. The number of nitrogens with one attached hydrogen (secondary N) is 1. The summed E-state index contributed by atoms with van der Waals surface area (Å²) in [6.07, 6.45) is 2.18. The highest BCUT2D eigenvalue weighted by Gasteiger charge is 2.10. The van der Waals surface area contributed by atoms with E-state index in [1.807, 2.05) is 42.5 Å². The predicted molar refractivity (Wildman–Crippen MR) is 83.9 cm³/mol. The molecule has 2 aromatic carbocycles. The van der Waals surface area contributed by atoms with E-state index in [1.165, 1.54) is 0 Å². The number of carbonyl (C=O) groups is 1. The maximum absolute atomic E-state index is 12.2. The second kappa shape index (κ2) is 6.71. The van der Waals surface area contributed by atoms with Gasteiger partial charge in [-0.25, -0.2) is 0 Å². The molecule has 3 heteroatoms. The van der Waals surface area contributed by atoms with E-state index in [0.29, 0.717) is 11.4 Å². The summed E-state index contributed by atoms with van der Waals surface area (Å²) in [5.41, 5.74) is 0.745. The van der Waals surface area contributed by atoms with Crippen molar-refractivity contribution in [3.05, 3.63) is 48.0 Å². The normalized spacial score (nSPS) is 12.3. The van der Waals surface area contributed by atoms with Crippen molar-refractivity contribution in [2.24, 2.45) is 0 Å². The van der Waals surface area contributed by atoms with Gasteiger partial charge < -0.3 is 5.32 Å². The van der Waals surface area contributed by atoms with Gasteiger partial charge in [0.1, 0.15) is 0 Å². The molecule has 1 atom stereocenters. The summed E-state index contributed by atoms with van der Waals surface area (Å²) < 4.78 is 0. The van der Waals surface area contributed by atoms with Crippen molar-refractivity contribution < 1.29 is 4.79 Å². The molecule has 0 fully saturated rings. The maximum Gasteiger partial charge on any atom is 0.251 e. The fourth-order valence-electron chi connectivity index (χ4n) is 2.14. The molecule has 0 aromatic heterocycles. The van der Waals surface area contributed by atoms with Crippen LogP contribution in [0.25, 0.3) is 10.8 Å². The van der Waals surface area contributed by atoms with Gasteiger partial charge in [-0.2, -0.15) is 0 Å². The maximum atomic E-state index is 12.2. The van der Waals surface area contributed by atoms with Gasteiger partial charge in [-0.3, -0.25) is 4.79 Å². The Morgan fingerprint density at radius 3 is 2.74 bits per heavy atom. The standard InChI is InChI=1S/C16H18BrNO/c1-2-6-13(17)11-18-16(19)15-10-5-8-12-7-3-4-9-14(12)15/h3-5,7-10,13H,2,6,11H2,1H3,(H,18,19). The number of alkyl halides is 1. The van der Waals surface area contributed by atoms with Crippen LogP contribution in [0.3, 0.4) is 0 Å². The molecule has 1 unspecified atom stereocenters. The molecule has 1 N–H and O–H groups in total. The van der Waals surface area contributed by atoms with Crippen molar-refractivity contribution in [3.63, 3.8) is 0 Å². The van der Waals surface area contributed by atoms with Crippen molar-refractivity contribution in [3.8, 4) is 0 Å². The van der Waals surface area contributed by atoms with Gasteiger partial charge in [0.25, 0.3) is 5.91 Å². The third-order valence-electron chi connectivity index (χ3n) is 3.12. The first-order valence-electron chi connectivity index (χ1n) is 6.62. The zero-order valence-corrected chi connectivity index (χ0v) is 12.6. The first kappa shape index (κ1) is 14.1. The van der Waals surface area contributed by atoms with Gasteiger partial charge in [0.05, 0.1) is 0 Å². The number of halogens is 1. The van der Waals surface area contributed by atoms with E-state index >= 15 is 0 Å². The molecular weight excluding hydrogens is 302 g/mol. The summed E-state index contributed by atoms with van der Waals surface area (Å²) >= 11 is 3.57. The molecule has 0 saturated heterocycles. The van der Waals surface area contributed by atoms with E-state index in [2.05, 4.69) is 28.2 Å². The van der Waals surface area contributed by atoms with E-state index in [-0.39, 0.29) is 5.91 Å². The zero-order chi connectivity index (χ0) is 13.7. The summed E-state index contributed by atoms with van der Waals surface area (Å²) in [4.78, 5) is 12.6. The molecule has 0 aliphatic carbocycles. The Morgan fingerprint density at radius 1 is 1.21 bits per heavy atom. The predicted octanol–water partition coefficient (Wildman–Crippen LogP) is 4.13. The highest BCUT2D eigenvalue weighted by atomic mass is 79.9. The van der Waals surface area contributed by atoms with Crippen LogP contribution in [0.1, 0.15) is 30.1 Å². The lowest BCUT2D eigenvalue weighted by molar-refractivity contribution is 0.0955. The van der Waals surface area contributed by atoms with Crippen molar-refractivity contribution in [1.82, 2.24) is 5.32 Å². The number of fused-ring (bicyclic) bond motifs is 1. The average Bonchev–Trinajstić information content (AvgIpc) is 2.44. The molecule has 100 valence electrons. The molecule has 0 bridgehead atoms. The molecule has 2 rings (SSSR count). The molecule has 0 spiro atoms. The number of carbonyl (C=O) groups excluding carboxylic acids is 1. The Balaban J connectivity index is 2.13. The van der Waals surface area contributed by atoms with Crippen LogP contribution >= 0.6 is 15.9 Å². The van der Waals surface area contributed by atoms with Gasteiger partial charge >= 0.3 is 0 Å². The van der Waals surface area contributed by atoms with Gasteiger partial charge in [0.15, 0.2) is 0 Å². The van der Waals surface area contributed by atoms with Crippen LogP contribution in [0, 0.1) is 0 Å². The third-order valence-corrected chi connectivity index (χ3v) is 3.90. The minimum atomic E-state index is -0.00245. The molecular formula is C16H18BrNO. The number of rotatable bonds is 5. The van der Waals surface area contributed by atoms with Crippen LogP contribution in [0.15, 0.2) is 42.5 Å². The molecule has 1 amide bonds. The Labute approximate surface area is 122 Å². The van der Waals surface area contributed by atoms with Gasteiger partial charge in [0, 0.05) is 16.9 Å². The monoisotopic (exact) mass is 319 g/mol. The van der Waals surface area contributed by atoms with Crippen LogP contribution in [-0.2, 0) is 0 Å².